The van der Waals surface area contributed by atoms with Crippen LogP contribution in [0.4, 0.5) is 34.1 Å². The molecule has 0 radical (unpaired) electrons. The van der Waals surface area contributed by atoms with Crippen molar-refractivity contribution in [1.29, 1.82) is 0 Å². The molecule has 0 N–H and O–H groups in total. The zero-order valence-electron chi connectivity index (χ0n) is 42.8. The van der Waals surface area contributed by atoms with E-state index in [0.29, 0.717) is 5.89 Å². The molecule has 6 aliphatic rings. The summed E-state index contributed by atoms with van der Waals surface area (Å²) in [6.45, 7) is 27.7. The van der Waals surface area contributed by atoms with E-state index in [9.17, 15) is 0 Å². The highest BCUT2D eigenvalue weighted by atomic mass is 16.3. The molecule has 346 valence electrons. The monoisotopic (exact) mass is 896 g/mol. The fraction of sp³-hybridized carbons (Fsp3) is 0.413. The van der Waals surface area contributed by atoms with Gasteiger partial charge < -0.3 is 14.2 Å². The minimum absolute atomic E-state index is 0.0245. The van der Waals surface area contributed by atoms with Crippen LogP contribution in [-0.2, 0) is 27.1 Å². The Hall–Kier alpha value is -5.55. The second-order valence-corrected chi connectivity index (χ2v) is 26.1. The van der Waals surface area contributed by atoms with Crippen molar-refractivity contribution in [3.63, 3.8) is 0 Å². The Bertz CT molecular complexity index is 3090. The third-order valence-electron chi connectivity index (χ3n) is 17.1. The second kappa shape index (κ2) is 14.7. The fourth-order valence-electron chi connectivity index (χ4n) is 13.7. The highest BCUT2D eigenvalue weighted by molar-refractivity contribution is 7.00. The Morgan fingerprint density at radius 1 is 0.485 bits per heavy atom. The van der Waals surface area contributed by atoms with Gasteiger partial charge in [-0.25, -0.2) is 4.98 Å². The van der Waals surface area contributed by atoms with Crippen molar-refractivity contribution in [2.75, 3.05) is 9.80 Å². The molecular formula is C63H70BN3O. The van der Waals surface area contributed by atoms with Crippen molar-refractivity contribution in [3.05, 3.63) is 143 Å². The van der Waals surface area contributed by atoms with Crippen LogP contribution in [0.3, 0.4) is 0 Å². The lowest BCUT2D eigenvalue weighted by molar-refractivity contribution is -0.00514. The molecule has 13 rings (SSSR count). The van der Waals surface area contributed by atoms with Crippen LogP contribution in [0.2, 0.25) is 0 Å². The lowest BCUT2D eigenvalue weighted by atomic mass is 9.33. The van der Waals surface area contributed by atoms with Crippen molar-refractivity contribution in [3.8, 4) is 11.5 Å². The van der Waals surface area contributed by atoms with E-state index in [1.54, 1.807) is 0 Å². The van der Waals surface area contributed by atoms with Gasteiger partial charge in [-0.2, -0.15) is 0 Å². The molecule has 0 spiro atoms. The Morgan fingerprint density at radius 3 is 1.41 bits per heavy atom. The summed E-state index contributed by atoms with van der Waals surface area (Å²) in [5.74, 6) is 3.16. The van der Waals surface area contributed by atoms with Crippen molar-refractivity contribution in [2.45, 2.75) is 149 Å². The van der Waals surface area contributed by atoms with E-state index in [0.717, 1.165) is 34.4 Å². The summed E-state index contributed by atoms with van der Waals surface area (Å²) in [6, 6.07) is 45.3. The SMILES string of the molecule is CC(C)(C)c1ccc(-c2nc3cc4c(cc3o2)N(c2ccc(C(C)(C)C)cc2)c2cc(C35CC6CC(CC(C6)C3)C5)cc3c2B4c2cc(C(C)(C)C)ccc2N3c2ccc(C(C)(C)C)cc2)cc1. The van der Waals surface area contributed by atoms with Crippen molar-refractivity contribution in [2.24, 2.45) is 17.8 Å². The summed E-state index contributed by atoms with van der Waals surface area (Å²) >= 11 is 0. The van der Waals surface area contributed by atoms with E-state index in [-0.39, 0.29) is 33.8 Å². The van der Waals surface area contributed by atoms with Crippen LogP contribution in [0.15, 0.2) is 120 Å². The van der Waals surface area contributed by atoms with E-state index in [2.05, 4.69) is 208 Å². The van der Waals surface area contributed by atoms with Crippen LogP contribution in [0.5, 0.6) is 0 Å². The normalized spacial score (nSPS) is 21.9. The first-order chi connectivity index (χ1) is 32.1. The second-order valence-electron chi connectivity index (χ2n) is 26.1. The lowest BCUT2D eigenvalue weighted by Gasteiger charge is -2.57. The van der Waals surface area contributed by atoms with E-state index < -0.39 is 0 Å². The van der Waals surface area contributed by atoms with Gasteiger partial charge in [-0.15, -0.1) is 0 Å². The van der Waals surface area contributed by atoms with Crippen LogP contribution in [0, 0.1) is 17.8 Å². The van der Waals surface area contributed by atoms with Gasteiger partial charge in [0.2, 0.25) is 5.89 Å². The molecule has 4 aliphatic carbocycles. The quantitative estimate of drug-likeness (QED) is 0.165. The molecule has 0 saturated heterocycles. The molecule has 4 bridgehead atoms. The van der Waals surface area contributed by atoms with Gasteiger partial charge >= 0.3 is 0 Å². The van der Waals surface area contributed by atoms with Crippen LogP contribution in [0.25, 0.3) is 22.6 Å². The number of aromatic nitrogens is 1. The molecule has 2 aliphatic heterocycles. The Balaban J connectivity index is 1.15. The third kappa shape index (κ3) is 7.02. The average Bonchev–Trinajstić information content (AvgIpc) is 3.70. The summed E-state index contributed by atoms with van der Waals surface area (Å²) < 4.78 is 6.87. The summed E-state index contributed by atoms with van der Waals surface area (Å²) in [5, 5.41) is 0. The van der Waals surface area contributed by atoms with Gasteiger partial charge in [-0.05, 0) is 188 Å². The predicted molar refractivity (Wildman–Crippen MR) is 288 cm³/mol. The molecule has 0 amide bonds. The molecule has 7 aromatic rings. The van der Waals surface area contributed by atoms with Crippen molar-refractivity contribution in [1.82, 2.24) is 4.98 Å². The zero-order valence-corrected chi connectivity index (χ0v) is 42.8. The summed E-state index contributed by atoms with van der Waals surface area (Å²) in [4.78, 5) is 10.6. The fourth-order valence-corrected chi connectivity index (χ4v) is 13.7. The number of oxazole rings is 1. The molecule has 4 saturated carbocycles. The minimum atomic E-state index is -0.0362. The summed E-state index contributed by atoms with van der Waals surface area (Å²) in [7, 11) is 0. The number of benzene rings is 6. The van der Waals surface area contributed by atoms with Crippen LogP contribution in [0.1, 0.15) is 149 Å². The molecule has 4 nitrogen and oxygen atoms in total. The number of hydrogen-bond donors (Lipinski definition) is 0. The first kappa shape index (κ1) is 43.7. The van der Waals surface area contributed by atoms with E-state index >= 15 is 0 Å². The maximum atomic E-state index is 6.87. The molecule has 1 aromatic heterocycles. The average molecular weight is 896 g/mol. The van der Waals surface area contributed by atoms with Crippen molar-refractivity contribution < 1.29 is 4.42 Å². The lowest BCUT2D eigenvalue weighted by Crippen LogP contribution is -2.61. The number of hydrogen-bond acceptors (Lipinski definition) is 4. The predicted octanol–water partition coefficient (Wildman–Crippen LogP) is 15.2. The molecule has 5 heteroatoms. The van der Waals surface area contributed by atoms with Gasteiger partial charge in [-0.1, -0.05) is 132 Å². The molecular weight excluding hydrogens is 826 g/mol. The number of nitrogens with zero attached hydrogens (tertiary/aromatic N) is 3. The Labute approximate surface area is 406 Å². The summed E-state index contributed by atoms with van der Waals surface area (Å²) in [6.07, 6.45) is 8.18. The van der Waals surface area contributed by atoms with Crippen LogP contribution >= 0.6 is 0 Å². The zero-order chi connectivity index (χ0) is 47.4. The third-order valence-corrected chi connectivity index (χ3v) is 17.1. The van der Waals surface area contributed by atoms with Gasteiger partial charge in [0.1, 0.15) is 5.52 Å². The maximum Gasteiger partial charge on any atom is 0.252 e. The van der Waals surface area contributed by atoms with Gasteiger partial charge in [-0.3, -0.25) is 0 Å². The van der Waals surface area contributed by atoms with Gasteiger partial charge in [0.15, 0.2) is 5.58 Å². The van der Waals surface area contributed by atoms with E-state index in [1.165, 1.54) is 117 Å². The van der Waals surface area contributed by atoms with E-state index in [4.69, 9.17) is 9.40 Å². The maximum absolute atomic E-state index is 6.87. The molecule has 0 unspecified atom stereocenters. The van der Waals surface area contributed by atoms with Crippen LogP contribution in [-0.4, -0.2) is 11.7 Å². The first-order valence-corrected chi connectivity index (χ1v) is 25.8. The highest BCUT2D eigenvalue weighted by Gasteiger charge is 2.53. The number of fused-ring (bicyclic) bond motifs is 5. The Morgan fingerprint density at radius 2 is 0.926 bits per heavy atom. The van der Waals surface area contributed by atoms with E-state index in [1.807, 2.05) is 0 Å². The molecule has 3 heterocycles. The Kier molecular flexibility index (Phi) is 9.47. The molecule has 6 aromatic carbocycles. The summed E-state index contributed by atoms with van der Waals surface area (Å²) in [5.41, 5.74) is 21.3. The molecule has 0 atom stereocenters. The van der Waals surface area contributed by atoms with Gasteiger partial charge in [0.25, 0.3) is 6.71 Å². The van der Waals surface area contributed by atoms with Gasteiger partial charge in [0.05, 0.1) is 0 Å². The molecule has 68 heavy (non-hydrogen) atoms. The topological polar surface area (TPSA) is 32.5 Å². The van der Waals surface area contributed by atoms with Gasteiger partial charge in [0, 0.05) is 45.8 Å². The smallest absolute Gasteiger partial charge is 0.252 e. The first-order valence-electron chi connectivity index (χ1n) is 25.8. The minimum Gasteiger partial charge on any atom is -0.436 e. The molecule has 4 fully saturated rings. The highest BCUT2D eigenvalue weighted by Crippen LogP contribution is 2.62. The van der Waals surface area contributed by atoms with Crippen molar-refractivity contribution >= 4 is 68.3 Å². The largest absolute Gasteiger partial charge is 0.436 e. The number of rotatable bonds is 4. The standard InChI is InChI=1S/C63H70BN3O/c1-59(2,3)42-15-13-41(14-16-42)58-65-51-33-50-53(34-56(51)68-58)67(48-24-19-44(20-25-48)61(7,8)9)55-32-46(63-35-38-27-39(36-63)29-40(28-38)37-63)31-54-57(55)64(50)49-30-45(62(10,11)12)21-26-52(49)66(54)47-22-17-43(18-23-47)60(4,5)6/h13-26,30-34,38-40H,27-29,35-37H2,1-12H3. The number of anilines is 6. The van der Waals surface area contributed by atoms with Crippen LogP contribution < -0.4 is 26.2 Å².